The Balaban J connectivity index is 2.58. The molecule has 1 heterocycles. The van der Waals surface area contributed by atoms with Crippen LogP contribution in [0.2, 0.25) is 10.1 Å². The summed E-state index contributed by atoms with van der Waals surface area (Å²) in [4.78, 5) is 11.9. The summed E-state index contributed by atoms with van der Waals surface area (Å²) in [7, 11) is -1.27. The van der Waals surface area contributed by atoms with Crippen molar-refractivity contribution in [2.75, 3.05) is 7.11 Å². The van der Waals surface area contributed by atoms with Gasteiger partial charge < -0.3 is 13.6 Å². The second-order valence-corrected chi connectivity index (χ2v) is 12.1. The third-order valence-corrected chi connectivity index (χ3v) is 8.81. The first-order valence-corrected chi connectivity index (χ1v) is 8.94. The molecule has 0 atom stereocenters. The SMILES string of the molecule is COC(=O)c1cccc2c1O[Si](C(C)(C)C)(C(C)(C)C)O2. The Morgan fingerprint density at radius 3 is 2.10 bits per heavy atom. The van der Waals surface area contributed by atoms with Crippen molar-refractivity contribution >= 4 is 14.5 Å². The number of fused-ring (bicyclic) bond motifs is 1. The number of esters is 1. The molecule has 1 aromatic rings. The van der Waals surface area contributed by atoms with Gasteiger partial charge in [-0.2, -0.15) is 0 Å². The number of benzene rings is 1. The van der Waals surface area contributed by atoms with E-state index >= 15 is 0 Å². The molecule has 116 valence electrons. The molecule has 0 amide bonds. The number of rotatable bonds is 1. The normalized spacial score (nSPS) is 16.7. The minimum Gasteiger partial charge on any atom is -0.508 e. The van der Waals surface area contributed by atoms with E-state index in [1.807, 2.05) is 6.07 Å². The third kappa shape index (κ3) is 2.33. The van der Waals surface area contributed by atoms with Crippen LogP contribution in [0.5, 0.6) is 11.5 Å². The molecule has 1 aromatic carbocycles. The van der Waals surface area contributed by atoms with E-state index in [0.717, 1.165) is 0 Å². The molecule has 0 aromatic heterocycles. The highest BCUT2D eigenvalue weighted by molar-refractivity contribution is 6.75. The molecular weight excluding hydrogens is 284 g/mol. The van der Waals surface area contributed by atoms with Crippen LogP contribution in [0.1, 0.15) is 51.9 Å². The molecule has 1 aliphatic rings. The summed E-state index contributed by atoms with van der Waals surface area (Å²) < 4.78 is 17.6. The number of hydrogen-bond acceptors (Lipinski definition) is 4. The van der Waals surface area contributed by atoms with Crippen molar-refractivity contribution in [1.82, 2.24) is 0 Å². The second-order valence-electron chi connectivity index (χ2n) is 7.45. The molecule has 0 bridgehead atoms. The number of ether oxygens (including phenoxy) is 1. The average molecular weight is 308 g/mol. The van der Waals surface area contributed by atoms with Gasteiger partial charge in [0.15, 0.2) is 5.75 Å². The standard InChI is InChI=1S/C16H24O4Si/c1-15(2,3)21(16(4,5)6)19-12-10-8-9-11(13(12)20-21)14(17)18-7/h8-10H,1-7H3. The first-order chi connectivity index (χ1) is 9.53. The summed E-state index contributed by atoms with van der Waals surface area (Å²) in [6.45, 7) is 12.8. The lowest BCUT2D eigenvalue weighted by atomic mass is 10.2. The highest BCUT2D eigenvalue weighted by Crippen LogP contribution is 2.57. The van der Waals surface area contributed by atoms with E-state index in [-0.39, 0.29) is 10.1 Å². The summed E-state index contributed by atoms with van der Waals surface area (Å²) in [5.74, 6) is 0.776. The molecule has 0 saturated heterocycles. The fourth-order valence-corrected chi connectivity index (χ4v) is 7.51. The number of carbonyl (C=O) groups is 1. The second kappa shape index (κ2) is 4.76. The van der Waals surface area contributed by atoms with E-state index in [1.165, 1.54) is 7.11 Å². The largest absolute Gasteiger partial charge is 0.508 e. The van der Waals surface area contributed by atoms with Crippen LogP contribution in [-0.4, -0.2) is 21.6 Å². The zero-order valence-corrected chi connectivity index (χ0v) is 14.9. The molecule has 0 fully saturated rings. The van der Waals surface area contributed by atoms with Gasteiger partial charge in [-0.1, -0.05) is 47.6 Å². The molecule has 5 heteroatoms. The van der Waals surface area contributed by atoms with E-state index in [9.17, 15) is 4.79 Å². The van der Waals surface area contributed by atoms with Crippen molar-refractivity contribution < 1.29 is 18.4 Å². The molecule has 0 aliphatic carbocycles. The van der Waals surface area contributed by atoms with Gasteiger partial charge in [-0.15, -0.1) is 0 Å². The van der Waals surface area contributed by atoms with Gasteiger partial charge in [0.05, 0.1) is 7.11 Å². The van der Waals surface area contributed by atoms with Gasteiger partial charge in [-0.25, -0.2) is 4.79 Å². The molecule has 0 spiro atoms. The van der Waals surface area contributed by atoms with Gasteiger partial charge in [-0.05, 0) is 12.1 Å². The summed E-state index contributed by atoms with van der Waals surface area (Å²) in [6, 6.07) is 5.36. The van der Waals surface area contributed by atoms with Crippen LogP contribution in [0.25, 0.3) is 0 Å². The Morgan fingerprint density at radius 2 is 1.62 bits per heavy atom. The highest BCUT2D eigenvalue weighted by Gasteiger charge is 2.65. The lowest BCUT2D eigenvalue weighted by Gasteiger charge is -2.43. The van der Waals surface area contributed by atoms with E-state index in [1.54, 1.807) is 12.1 Å². The predicted octanol–water partition coefficient (Wildman–Crippen LogP) is 4.29. The average Bonchev–Trinajstić information content (AvgIpc) is 2.77. The minimum absolute atomic E-state index is 0.141. The molecule has 1 aliphatic heterocycles. The summed E-state index contributed by atoms with van der Waals surface area (Å²) >= 11 is 0. The Labute approximate surface area is 127 Å². The zero-order valence-electron chi connectivity index (χ0n) is 13.9. The Hall–Kier alpha value is -1.49. The van der Waals surface area contributed by atoms with E-state index in [4.69, 9.17) is 13.6 Å². The van der Waals surface area contributed by atoms with Crippen molar-refractivity contribution in [2.24, 2.45) is 0 Å². The topological polar surface area (TPSA) is 44.8 Å². The highest BCUT2D eigenvalue weighted by atomic mass is 28.4. The van der Waals surface area contributed by atoms with Crippen LogP contribution in [-0.2, 0) is 4.74 Å². The molecule has 2 rings (SSSR count). The van der Waals surface area contributed by atoms with Crippen molar-refractivity contribution in [3.05, 3.63) is 23.8 Å². The monoisotopic (exact) mass is 308 g/mol. The van der Waals surface area contributed by atoms with Crippen LogP contribution in [0, 0.1) is 0 Å². The first-order valence-electron chi connectivity index (χ1n) is 7.13. The van der Waals surface area contributed by atoms with Gasteiger partial charge in [0, 0.05) is 10.1 Å². The Bertz CT molecular complexity index is 553. The maximum atomic E-state index is 11.9. The van der Waals surface area contributed by atoms with Crippen LogP contribution >= 0.6 is 0 Å². The van der Waals surface area contributed by atoms with Crippen molar-refractivity contribution in [2.45, 2.75) is 51.6 Å². The summed E-state index contributed by atoms with van der Waals surface area (Å²) in [5.41, 5.74) is 0.429. The lowest BCUT2D eigenvalue weighted by Crippen LogP contribution is -2.60. The Morgan fingerprint density at radius 1 is 1.05 bits per heavy atom. The van der Waals surface area contributed by atoms with Crippen LogP contribution in [0.4, 0.5) is 0 Å². The minimum atomic E-state index is -2.64. The van der Waals surface area contributed by atoms with E-state index in [2.05, 4.69) is 41.5 Å². The first kappa shape index (κ1) is 15.9. The molecule has 0 N–H and O–H groups in total. The fourth-order valence-electron chi connectivity index (χ4n) is 3.03. The van der Waals surface area contributed by atoms with Crippen molar-refractivity contribution in [3.8, 4) is 11.5 Å². The van der Waals surface area contributed by atoms with Crippen molar-refractivity contribution in [1.29, 1.82) is 0 Å². The van der Waals surface area contributed by atoms with E-state index in [0.29, 0.717) is 17.1 Å². The van der Waals surface area contributed by atoms with Gasteiger partial charge in [0.1, 0.15) is 11.3 Å². The van der Waals surface area contributed by atoms with Gasteiger partial charge in [-0.3, -0.25) is 0 Å². The molecule has 4 nitrogen and oxygen atoms in total. The fraction of sp³-hybridized carbons (Fsp3) is 0.562. The summed E-state index contributed by atoms with van der Waals surface area (Å²) in [5, 5.41) is -0.282. The van der Waals surface area contributed by atoms with Gasteiger partial charge in [0.2, 0.25) is 0 Å². The van der Waals surface area contributed by atoms with Gasteiger partial charge in [0.25, 0.3) is 0 Å². The van der Waals surface area contributed by atoms with Crippen LogP contribution in [0.15, 0.2) is 18.2 Å². The lowest BCUT2D eigenvalue weighted by molar-refractivity contribution is 0.0598. The van der Waals surface area contributed by atoms with Gasteiger partial charge >= 0.3 is 14.5 Å². The summed E-state index contributed by atoms with van der Waals surface area (Å²) in [6.07, 6.45) is 0. The number of para-hydroxylation sites is 1. The third-order valence-electron chi connectivity index (χ3n) is 3.86. The molecule has 0 unspecified atom stereocenters. The smallest absolute Gasteiger partial charge is 0.471 e. The quantitative estimate of drug-likeness (QED) is 0.573. The number of methoxy groups -OCH3 is 1. The predicted molar refractivity (Wildman–Crippen MR) is 84.2 cm³/mol. The molecule has 21 heavy (non-hydrogen) atoms. The van der Waals surface area contributed by atoms with Crippen molar-refractivity contribution in [3.63, 3.8) is 0 Å². The maximum Gasteiger partial charge on any atom is 0.471 e. The zero-order chi connectivity index (χ0) is 16.1. The molecule has 0 saturated carbocycles. The maximum absolute atomic E-state index is 11.9. The number of carbonyl (C=O) groups excluding carboxylic acids is 1. The van der Waals surface area contributed by atoms with Crippen LogP contribution in [0.3, 0.4) is 0 Å². The molecular formula is C16H24O4Si. The van der Waals surface area contributed by atoms with Crippen LogP contribution < -0.4 is 8.85 Å². The molecule has 0 radical (unpaired) electrons. The van der Waals surface area contributed by atoms with E-state index < -0.39 is 14.5 Å². The number of hydrogen-bond donors (Lipinski definition) is 0. The Kier molecular flexibility index (Phi) is 3.60.